The number of allylic oxidation sites excluding steroid dienone is 3. The number of aliphatic hydroxyl groups is 2. The SMILES string of the molecule is CC(=O)O[C@@]1(C)COC2(C1)OC(=O)[C@H]([C@@H]1CC[C@]34C[C@]13C=C[C@@H]1[C@@]3(C)CC=C5C[C@@H](Cc6ccccc6)OC[C@]5(C)[C@@H]3C[C@@H](O)[C@]14C)[C@H]2O. The molecule has 0 bridgehead atoms. The maximum Gasteiger partial charge on any atom is 0.314 e. The Morgan fingerprint density at radius 3 is 2.59 bits per heavy atom. The molecule has 14 atom stereocenters. The van der Waals surface area contributed by atoms with Gasteiger partial charge in [0.05, 0.1) is 37.8 Å². The highest BCUT2D eigenvalue weighted by molar-refractivity contribution is 5.77. The zero-order valence-corrected chi connectivity index (χ0v) is 29.6. The summed E-state index contributed by atoms with van der Waals surface area (Å²) in [5.41, 5.74) is 0.865. The smallest absolute Gasteiger partial charge is 0.314 e. The Hall–Kier alpha value is -2.52. The molecule has 6 fully saturated rings. The van der Waals surface area contributed by atoms with E-state index in [1.54, 1.807) is 6.92 Å². The van der Waals surface area contributed by atoms with Crippen molar-refractivity contribution in [2.24, 2.45) is 50.7 Å². The fraction of sp³-hybridized carbons (Fsp3) is 0.707. The average Bonchev–Trinajstić information content (AvgIpc) is 3.35. The molecule has 1 spiro atoms. The summed E-state index contributed by atoms with van der Waals surface area (Å²) in [6.45, 7) is 11.0. The summed E-state index contributed by atoms with van der Waals surface area (Å²) < 4.78 is 24.1. The molecular weight excluding hydrogens is 620 g/mol. The predicted molar refractivity (Wildman–Crippen MR) is 180 cm³/mol. The summed E-state index contributed by atoms with van der Waals surface area (Å²) in [6, 6.07) is 10.6. The van der Waals surface area contributed by atoms with Crippen LogP contribution >= 0.6 is 0 Å². The van der Waals surface area contributed by atoms with Crippen molar-refractivity contribution >= 4 is 11.9 Å². The Labute approximate surface area is 289 Å². The molecule has 1 aromatic carbocycles. The summed E-state index contributed by atoms with van der Waals surface area (Å²) >= 11 is 0. The third-order valence-corrected chi connectivity index (χ3v) is 15.9. The van der Waals surface area contributed by atoms with Crippen LogP contribution in [-0.4, -0.2) is 65.1 Å². The van der Waals surface area contributed by atoms with E-state index in [1.807, 2.05) is 0 Å². The average molecular weight is 673 g/mol. The number of rotatable bonds is 4. The van der Waals surface area contributed by atoms with Gasteiger partial charge in [-0.25, -0.2) is 0 Å². The molecule has 3 saturated carbocycles. The fourth-order valence-electron chi connectivity index (χ4n) is 13.7. The molecule has 0 aromatic heterocycles. The minimum Gasteiger partial charge on any atom is -0.457 e. The van der Waals surface area contributed by atoms with E-state index in [0.29, 0.717) is 6.61 Å². The zero-order valence-electron chi connectivity index (χ0n) is 29.6. The van der Waals surface area contributed by atoms with Gasteiger partial charge in [-0.05, 0) is 91.4 Å². The standard InChI is InChI=1S/C41H52O8/c1-24(42)48-35(2)20-41(47-22-35)33(44)32(34(45)49-41)28-12-16-40-21-39(28,40)15-13-29-36(3)14-11-26-18-27(17-25-9-7-6-8-10-25)46-23-37(26,4)30(36)19-31(43)38(29,40)5/h6-11,13,15,27-33,43-44H,12,14,16-23H2,1-5H3/t27-,28+,29-,30-,31-,32-,33-,35-,36-,37+,38+,39-,40-,41?/m1/s1. The van der Waals surface area contributed by atoms with Gasteiger partial charge in [-0.15, -0.1) is 0 Å². The highest BCUT2D eigenvalue weighted by Crippen LogP contribution is 2.89. The van der Waals surface area contributed by atoms with E-state index in [0.717, 1.165) is 44.9 Å². The Bertz CT molecular complexity index is 1660. The number of carbonyl (C=O) groups is 2. The second-order valence-electron chi connectivity index (χ2n) is 18.3. The normalized spacial score (nSPS) is 53.5. The number of esters is 2. The van der Waals surface area contributed by atoms with Crippen molar-refractivity contribution in [3.05, 3.63) is 59.7 Å². The van der Waals surface area contributed by atoms with Crippen molar-refractivity contribution < 1.29 is 38.7 Å². The molecular formula is C41H52O8. The van der Waals surface area contributed by atoms with Gasteiger partial charge in [0, 0.05) is 17.8 Å². The first kappa shape index (κ1) is 32.4. The van der Waals surface area contributed by atoms with Crippen LogP contribution in [0.25, 0.3) is 0 Å². The molecule has 264 valence electrons. The summed E-state index contributed by atoms with van der Waals surface area (Å²) in [6.07, 6.45) is 12.1. The lowest BCUT2D eigenvalue weighted by atomic mass is 9.38. The highest BCUT2D eigenvalue weighted by Gasteiger charge is 2.86. The molecule has 3 heterocycles. The lowest BCUT2D eigenvalue weighted by Gasteiger charge is -2.67. The number of carbonyl (C=O) groups excluding carboxylic acids is 2. The lowest BCUT2D eigenvalue weighted by molar-refractivity contribution is -0.220. The second kappa shape index (κ2) is 10.1. The van der Waals surface area contributed by atoms with E-state index in [-0.39, 0.29) is 64.0 Å². The van der Waals surface area contributed by atoms with E-state index in [4.69, 9.17) is 18.9 Å². The molecule has 8 aliphatic rings. The van der Waals surface area contributed by atoms with E-state index >= 15 is 0 Å². The van der Waals surface area contributed by atoms with Gasteiger partial charge in [-0.1, -0.05) is 74.9 Å². The fourth-order valence-corrected chi connectivity index (χ4v) is 13.7. The van der Waals surface area contributed by atoms with Crippen molar-refractivity contribution in [2.75, 3.05) is 13.2 Å². The van der Waals surface area contributed by atoms with E-state index in [9.17, 15) is 19.8 Å². The minimum absolute atomic E-state index is 0.0470. The second-order valence-corrected chi connectivity index (χ2v) is 18.3. The van der Waals surface area contributed by atoms with Gasteiger partial charge >= 0.3 is 11.9 Å². The van der Waals surface area contributed by atoms with Crippen LogP contribution in [0.1, 0.15) is 85.1 Å². The molecule has 1 unspecified atom stereocenters. The predicted octanol–water partition coefficient (Wildman–Crippen LogP) is 5.69. The first-order valence-corrected chi connectivity index (χ1v) is 18.6. The Balaban J connectivity index is 1.00. The molecule has 9 rings (SSSR count). The van der Waals surface area contributed by atoms with Crippen molar-refractivity contribution in [1.82, 2.24) is 0 Å². The molecule has 3 saturated heterocycles. The van der Waals surface area contributed by atoms with Crippen LogP contribution in [0, 0.1) is 50.7 Å². The number of benzene rings is 1. The number of hydrogen-bond acceptors (Lipinski definition) is 8. The molecule has 5 aliphatic carbocycles. The topological polar surface area (TPSA) is 112 Å². The van der Waals surface area contributed by atoms with Crippen LogP contribution in [0.15, 0.2) is 54.1 Å². The Kier molecular flexibility index (Phi) is 6.66. The summed E-state index contributed by atoms with van der Waals surface area (Å²) in [5.74, 6) is -2.77. The number of hydrogen-bond donors (Lipinski definition) is 2. The van der Waals surface area contributed by atoms with Gasteiger partial charge in [0.15, 0.2) is 0 Å². The Morgan fingerprint density at radius 2 is 1.84 bits per heavy atom. The first-order chi connectivity index (χ1) is 23.2. The minimum atomic E-state index is -1.51. The van der Waals surface area contributed by atoms with Gasteiger partial charge in [0.1, 0.15) is 11.7 Å². The van der Waals surface area contributed by atoms with Gasteiger partial charge in [-0.2, -0.15) is 0 Å². The lowest BCUT2D eigenvalue weighted by Crippen LogP contribution is -2.65. The summed E-state index contributed by atoms with van der Waals surface area (Å²) in [5, 5.41) is 24.3. The van der Waals surface area contributed by atoms with Crippen LogP contribution in [0.5, 0.6) is 0 Å². The quantitative estimate of drug-likeness (QED) is 0.310. The van der Waals surface area contributed by atoms with E-state index in [2.05, 4.69) is 69.3 Å². The van der Waals surface area contributed by atoms with Crippen LogP contribution < -0.4 is 0 Å². The number of fused-ring (bicyclic) bond motifs is 5. The number of aliphatic hydroxyl groups excluding tert-OH is 2. The van der Waals surface area contributed by atoms with Crippen molar-refractivity contribution in [3.63, 3.8) is 0 Å². The van der Waals surface area contributed by atoms with Gasteiger partial charge in [0.2, 0.25) is 5.79 Å². The van der Waals surface area contributed by atoms with Crippen molar-refractivity contribution in [2.45, 2.75) is 116 Å². The van der Waals surface area contributed by atoms with Crippen LogP contribution in [0.2, 0.25) is 0 Å². The Morgan fingerprint density at radius 1 is 1.06 bits per heavy atom. The van der Waals surface area contributed by atoms with Crippen molar-refractivity contribution in [3.8, 4) is 0 Å². The molecule has 0 radical (unpaired) electrons. The van der Waals surface area contributed by atoms with Crippen molar-refractivity contribution in [1.29, 1.82) is 0 Å². The zero-order chi connectivity index (χ0) is 34.4. The molecule has 3 aliphatic heterocycles. The van der Waals surface area contributed by atoms with Gasteiger partial charge in [0.25, 0.3) is 0 Å². The molecule has 0 amide bonds. The van der Waals surface area contributed by atoms with Gasteiger partial charge in [-0.3, -0.25) is 9.59 Å². The largest absolute Gasteiger partial charge is 0.457 e. The van der Waals surface area contributed by atoms with E-state index in [1.165, 1.54) is 18.1 Å². The monoisotopic (exact) mass is 672 g/mol. The summed E-state index contributed by atoms with van der Waals surface area (Å²) in [4.78, 5) is 25.5. The molecule has 8 nitrogen and oxygen atoms in total. The molecule has 1 aromatic rings. The molecule has 49 heavy (non-hydrogen) atoms. The maximum absolute atomic E-state index is 13.7. The van der Waals surface area contributed by atoms with Crippen LogP contribution in [0.4, 0.5) is 0 Å². The van der Waals surface area contributed by atoms with Gasteiger partial charge < -0.3 is 29.2 Å². The third-order valence-electron chi connectivity index (χ3n) is 15.9. The highest BCUT2D eigenvalue weighted by atomic mass is 16.8. The molecule has 8 heteroatoms. The first-order valence-electron chi connectivity index (χ1n) is 18.6. The summed E-state index contributed by atoms with van der Waals surface area (Å²) in [7, 11) is 0. The number of ether oxygens (including phenoxy) is 4. The van der Waals surface area contributed by atoms with Crippen LogP contribution in [0.3, 0.4) is 0 Å². The van der Waals surface area contributed by atoms with Crippen LogP contribution in [-0.2, 0) is 35.0 Å². The molecule has 2 N–H and O–H groups in total. The third kappa shape index (κ3) is 4.01. The maximum atomic E-state index is 13.7. The van der Waals surface area contributed by atoms with E-state index < -0.39 is 41.5 Å².